The summed E-state index contributed by atoms with van der Waals surface area (Å²) in [5.74, 6) is -0.638. The molecule has 1 N–H and O–H groups in total. The Bertz CT molecular complexity index is 783. The highest BCUT2D eigenvalue weighted by atomic mass is 79.9. The number of carbonyl (C=O) groups is 1. The molecular formula is C20H28BrN3O3. The summed E-state index contributed by atoms with van der Waals surface area (Å²) in [7, 11) is 0. The normalized spacial score (nSPS) is 19.7. The molecule has 2 aliphatic heterocycles. The van der Waals surface area contributed by atoms with Crippen LogP contribution in [0.3, 0.4) is 0 Å². The highest BCUT2D eigenvalue weighted by Crippen LogP contribution is 2.43. The van der Waals surface area contributed by atoms with E-state index in [1.807, 2.05) is 13.8 Å². The van der Waals surface area contributed by atoms with Gasteiger partial charge in [0.1, 0.15) is 0 Å². The Morgan fingerprint density at radius 3 is 2.37 bits per heavy atom. The average Bonchev–Trinajstić information content (AvgIpc) is 3.43. The van der Waals surface area contributed by atoms with Gasteiger partial charge < -0.3 is 14.7 Å². The lowest BCUT2D eigenvalue weighted by Crippen LogP contribution is -2.42. The minimum Gasteiger partial charge on any atom is -0.461 e. The van der Waals surface area contributed by atoms with Crippen LogP contribution in [0, 0.1) is 19.3 Å². The van der Waals surface area contributed by atoms with E-state index in [-0.39, 0.29) is 11.5 Å². The number of aliphatic hydroxyl groups is 1. The third-order valence-corrected chi connectivity index (χ3v) is 6.50. The number of hydrogen-bond acceptors (Lipinski definition) is 6. The van der Waals surface area contributed by atoms with Crippen LogP contribution in [0.2, 0.25) is 0 Å². The van der Waals surface area contributed by atoms with Gasteiger partial charge in [0.2, 0.25) is 0 Å². The molecule has 148 valence electrons. The standard InChI is InChI=1S/C20H28BrN3O3/c1-11(2)27-19(26)18(25)15-12(3)23-13(4)16(21)17(15)24-8-6-20(5,7-9-24)14-10-22-14/h11,18,25H,6-10H2,1-5H3/t18-/m0/s1. The van der Waals surface area contributed by atoms with Gasteiger partial charge in [0, 0.05) is 35.5 Å². The van der Waals surface area contributed by atoms with E-state index in [2.05, 4.69) is 37.7 Å². The van der Waals surface area contributed by atoms with Crippen LogP contribution in [0.25, 0.3) is 0 Å². The number of ether oxygens (including phenoxy) is 1. The quantitative estimate of drug-likeness (QED) is 0.713. The summed E-state index contributed by atoms with van der Waals surface area (Å²) >= 11 is 3.65. The molecule has 0 radical (unpaired) electrons. The van der Waals surface area contributed by atoms with Crippen LogP contribution in [0.1, 0.15) is 56.7 Å². The smallest absolute Gasteiger partial charge is 0.340 e. The number of esters is 1. The molecule has 3 heterocycles. The lowest BCUT2D eigenvalue weighted by Gasteiger charge is -2.40. The van der Waals surface area contributed by atoms with Crippen molar-refractivity contribution in [3.63, 3.8) is 0 Å². The van der Waals surface area contributed by atoms with Gasteiger partial charge in [0.05, 0.1) is 28.5 Å². The van der Waals surface area contributed by atoms with E-state index in [9.17, 15) is 9.90 Å². The zero-order valence-electron chi connectivity index (χ0n) is 16.7. The second kappa shape index (κ2) is 7.51. The third-order valence-electron chi connectivity index (χ3n) is 5.55. The van der Waals surface area contributed by atoms with Crippen molar-refractivity contribution in [1.29, 1.82) is 0 Å². The van der Waals surface area contributed by atoms with Crippen LogP contribution in [-0.4, -0.2) is 47.5 Å². The Hall–Kier alpha value is -1.47. The van der Waals surface area contributed by atoms with E-state index in [0.717, 1.165) is 48.3 Å². The van der Waals surface area contributed by atoms with Gasteiger partial charge in [0.15, 0.2) is 6.10 Å². The van der Waals surface area contributed by atoms with Crippen LogP contribution < -0.4 is 4.90 Å². The van der Waals surface area contributed by atoms with Gasteiger partial charge in [-0.2, -0.15) is 0 Å². The molecule has 0 aliphatic carbocycles. The van der Waals surface area contributed by atoms with E-state index in [1.165, 1.54) is 5.71 Å². The first-order valence-electron chi connectivity index (χ1n) is 9.48. The van der Waals surface area contributed by atoms with Crippen LogP contribution >= 0.6 is 15.9 Å². The predicted octanol–water partition coefficient (Wildman–Crippen LogP) is 3.51. The minimum atomic E-state index is -1.35. The Morgan fingerprint density at radius 2 is 1.85 bits per heavy atom. The molecule has 3 rings (SSSR count). The number of aliphatic imine (C=N–C) groups is 1. The van der Waals surface area contributed by atoms with Crippen molar-refractivity contribution in [2.24, 2.45) is 10.4 Å². The van der Waals surface area contributed by atoms with E-state index in [1.54, 1.807) is 13.8 Å². The fraction of sp³-hybridized carbons (Fsp3) is 0.650. The largest absolute Gasteiger partial charge is 0.461 e. The number of carbonyl (C=O) groups excluding carboxylic acids is 1. The summed E-state index contributed by atoms with van der Waals surface area (Å²) in [6, 6.07) is 0. The van der Waals surface area contributed by atoms with Gasteiger partial charge in [-0.25, -0.2) is 4.79 Å². The highest BCUT2D eigenvalue weighted by molar-refractivity contribution is 9.10. The number of hydrogen-bond donors (Lipinski definition) is 1. The van der Waals surface area contributed by atoms with Crippen molar-refractivity contribution in [2.75, 3.05) is 24.5 Å². The average molecular weight is 438 g/mol. The molecule has 0 saturated carbocycles. The maximum absolute atomic E-state index is 12.4. The number of pyridine rings is 1. The van der Waals surface area contributed by atoms with Gasteiger partial charge >= 0.3 is 5.97 Å². The van der Waals surface area contributed by atoms with E-state index >= 15 is 0 Å². The summed E-state index contributed by atoms with van der Waals surface area (Å²) in [4.78, 5) is 23.6. The molecule has 6 nitrogen and oxygen atoms in total. The number of nitrogens with zero attached hydrogens (tertiary/aromatic N) is 3. The molecule has 0 aromatic carbocycles. The van der Waals surface area contributed by atoms with Crippen LogP contribution in [-0.2, 0) is 9.53 Å². The van der Waals surface area contributed by atoms with Crippen molar-refractivity contribution >= 4 is 33.3 Å². The molecule has 1 aromatic rings. The third kappa shape index (κ3) is 4.04. The number of aryl methyl sites for hydroxylation is 2. The zero-order chi connectivity index (χ0) is 19.9. The minimum absolute atomic E-state index is 0.176. The maximum Gasteiger partial charge on any atom is 0.340 e. The van der Waals surface area contributed by atoms with Crippen LogP contribution in [0.5, 0.6) is 0 Å². The Balaban J connectivity index is 1.94. The fourth-order valence-corrected chi connectivity index (χ4v) is 4.36. The van der Waals surface area contributed by atoms with Crippen molar-refractivity contribution in [3.8, 4) is 0 Å². The van der Waals surface area contributed by atoms with E-state index < -0.39 is 12.1 Å². The first kappa shape index (κ1) is 20.3. The summed E-state index contributed by atoms with van der Waals surface area (Å²) in [5, 5.41) is 10.8. The molecule has 1 fully saturated rings. The summed E-state index contributed by atoms with van der Waals surface area (Å²) in [6.45, 7) is 12.2. The van der Waals surface area contributed by atoms with Crippen molar-refractivity contribution in [1.82, 2.24) is 4.98 Å². The van der Waals surface area contributed by atoms with Gasteiger partial charge in [0.25, 0.3) is 0 Å². The lowest BCUT2D eigenvalue weighted by atomic mass is 9.78. The van der Waals surface area contributed by atoms with Crippen LogP contribution in [0.4, 0.5) is 5.69 Å². The van der Waals surface area contributed by atoms with Crippen molar-refractivity contribution in [2.45, 2.75) is 59.7 Å². The Kier molecular flexibility index (Phi) is 5.64. The molecule has 27 heavy (non-hydrogen) atoms. The van der Waals surface area contributed by atoms with Gasteiger partial charge in [-0.05, 0) is 56.5 Å². The number of rotatable bonds is 5. The zero-order valence-corrected chi connectivity index (χ0v) is 18.3. The summed E-state index contributed by atoms with van der Waals surface area (Å²) in [5.41, 5.74) is 4.38. The van der Waals surface area contributed by atoms with E-state index in [4.69, 9.17) is 4.74 Å². The van der Waals surface area contributed by atoms with Gasteiger partial charge in [-0.1, -0.05) is 6.92 Å². The number of anilines is 1. The van der Waals surface area contributed by atoms with Gasteiger partial charge in [-0.15, -0.1) is 0 Å². The molecule has 0 unspecified atom stereocenters. The second-order valence-electron chi connectivity index (χ2n) is 8.06. The SMILES string of the molecule is Cc1nc(C)c([C@H](O)C(=O)OC(C)C)c(N2CCC(C)(C3=NC3)CC2)c1Br. The molecule has 0 bridgehead atoms. The summed E-state index contributed by atoms with van der Waals surface area (Å²) < 4.78 is 6.07. The predicted molar refractivity (Wildman–Crippen MR) is 109 cm³/mol. The molecule has 0 amide bonds. The molecule has 0 spiro atoms. The molecular weight excluding hydrogens is 410 g/mol. The Labute approximate surface area is 169 Å². The maximum atomic E-state index is 12.4. The first-order chi connectivity index (χ1) is 12.6. The van der Waals surface area contributed by atoms with Crippen molar-refractivity contribution in [3.05, 3.63) is 21.4 Å². The highest BCUT2D eigenvalue weighted by Gasteiger charge is 2.40. The number of halogens is 1. The second-order valence-corrected chi connectivity index (χ2v) is 8.85. The fourth-order valence-electron chi connectivity index (χ4n) is 3.81. The molecule has 1 atom stereocenters. The van der Waals surface area contributed by atoms with E-state index in [0.29, 0.717) is 11.3 Å². The summed E-state index contributed by atoms with van der Waals surface area (Å²) in [6.07, 6.45) is 0.371. The monoisotopic (exact) mass is 437 g/mol. The molecule has 1 saturated heterocycles. The molecule has 2 aliphatic rings. The Morgan fingerprint density at radius 1 is 1.26 bits per heavy atom. The first-order valence-corrected chi connectivity index (χ1v) is 10.3. The molecule has 1 aromatic heterocycles. The number of piperidine rings is 1. The lowest BCUT2D eigenvalue weighted by molar-refractivity contribution is -0.157. The van der Waals surface area contributed by atoms with Crippen LogP contribution in [0.15, 0.2) is 9.47 Å². The topological polar surface area (TPSA) is 75.0 Å². The molecule has 7 heteroatoms. The van der Waals surface area contributed by atoms with Crippen molar-refractivity contribution < 1.29 is 14.6 Å². The van der Waals surface area contributed by atoms with Gasteiger partial charge in [-0.3, -0.25) is 9.98 Å². The number of aromatic nitrogens is 1. The number of aliphatic hydroxyl groups excluding tert-OH is 1.